The highest BCUT2D eigenvalue weighted by Gasteiger charge is 2.07. The molecule has 1 unspecified atom stereocenters. The Morgan fingerprint density at radius 3 is 2.82 bits per heavy atom. The molecule has 2 rings (SSSR count). The van der Waals surface area contributed by atoms with E-state index in [1.165, 1.54) is 0 Å². The lowest BCUT2D eigenvalue weighted by atomic mass is 9.97. The number of para-hydroxylation sites is 2. The SMILES string of the molecule is C=C(Nc1ccccc1N)C1=CCC(C)C=C1. The summed E-state index contributed by atoms with van der Waals surface area (Å²) in [6, 6.07) is 7.71. The van der Waals surface area contributed by atoms with Gasteiger partial charge in [-0.2, -0.15) is 0 Å². The second-order valence-corrected chi connectivity index (χ2v) is 4.42. The Kier molecular flexibility index (Phi) is 3.33. The number of anilines is 2. The molecule has 2 nitrogen and oxygen atoms in total. The third-order valence-corrected chi connectivity index (χ3v) is 2.91. The van der Waals surface area contributed by atoms with Crippen LogP contribution in [0.25, 0.3) is 0 Å². The highest BCUT2D eigenvalue weighted by atomic mass is 14.9. The van der Waals surface area contributed by atoms with Gasteiger partial charge < -0.3 is 11.1 Å². The molecule has 0 fully saturated rings. The summed E-state index contributed by atoms with van der Waals surface area (Å²) in [6.07, 6.45) is 7.59. The van der Waals surface area contributed by atoms with Gasteiger partial charge in [0.2, 0.25) is 0 Å². The van der Waals surface area contributed by atoms with Crippen molar-refractivity contribution in [1.29, 1.82) is 0 Å². The highest BCUT2D eigenvalue weighted by molar-refractivity contribution is 5.69. The molecule has 1 aromatic rings. The molecule has 1 atom stereocenters. The first-order valence-electron chi connectivity index (χ1n) is 5.86. The number of benzene rings is 1. The lowest BCUT2D eigenvalue weighted by Gasteiger charge is -2.16. The Balaban J connectivity index is 2.08. The molecule has 3 N–H and O–H groups in total. The minimum absolute atomic E-state index is 0.619. The van der Waals surface area contributed by atoms with Crippen molar-refractivity contribution < 1.29 is 0 Å². The number of nitrogens with one attached hydrogen (secondary N) is 1. The topological polar surface area (TPSA) is 38.0 Å². The molecule has 0 spiro atoms. The summed E-state index contributed by atoms with van der Waals surface area (Å²) in [6.45, 7) is 6.26. The van der Waals surface area contributed by atoms with Crippen LogP contribution in [0.1, 0.15) is 13.3 Å². The van der Waals surface area contributed by atoms with Gasteiger partial charge in [-0.1, -0.05) is 43.9 Å². The summed E-state index contributed by atoms with van der Waals surface area (Å²) in [7, 11) is 0. The fourth-order valence-corrected chi connectivity index (χ4v) is 1.80. The van der Waals surface area contributed by atoms with Gasteiger partial charge in [-0.05, 0) is 30.0 Å². The maximum Gasteiger partial charge on any atom is 0.0617 e. The minimum atomic E-state index is 0.619. The zero-order chi connectivity index (χ0) is 12.3. The molecule has 0 heterocycles. The number of hydrogen-bond acceptors (Lipinski definition) is 2. The predicted octanol–water partition coefficient (Wildman–Crippen LogP) is 3.72. The van der Waals surface area contributed by atoms with E-state index in [9.17, 15) is 0 Å². The second-order valence-electron chi connectivity index (χ2n) is 4.42. The van der Waals surface area contributed by atoms with Gasteiger partial charge >= 0.3 is 0 Å². The summed E-state index contributed by atoms with van der Waals surface area (Å²) in [5.74, 6) is 0.619. The predicted molar refractivity (Wildman–Crippen MR) is 74.6 cm³/mol. The molecule has 2 heteroatoms. The van der Waals surface area contributed by atoms with Gasteiger partial charge in [0, 0.05) is 5.70 Å². The maximum atomic E-state index is 5.88. The molecule has 0 saturated carbocycles. The van der Waals surface area contributed by atoms with Crippen LogP contribution in [-0.2, 0) is 0 Å². The quantitative estimate of drug-likeness (QED) is 0.771. The van der Waals surface area contributed by atoms with Crippen LogP contribution < -0.4 is 11.1 Å². The van der Waals surface area contributed by atoms with Gasteiger partial charge in [0.1, 0.15) is 0 Å². The number of rotatable bonds is 3. The lowest BCUT2D eigenvalue weighted by Crippen LogP contribution is -2.05. The van der Waals surface area contributed by atoms with Crippen molar-refractivity contribution in [2.45, 2.75) is 13.3 Å². The van der Waals surface area contributed by atoms with Crippen LogP contribution in [0.5, 0.6) is 0 Å². The summed E-state index contributed by atoms with van der Waals surface area (Å²) < 4.78 is 0. The number of allylic oxidation sites excluding steroid dienone is 3. The molecule has 0 aromatic heterocycles. The van der Waals surface area contributed by atoms with Crippen molar-refractivity contribution >= 4 is 11.4 Å². The van der Waals surface area contributed by atoms with E-state index in [0.29, 0.717) is 5.92 Å². The molecular weight excluding hydrogens is 208 g/mol. The van der Waals surface area contributed by atoms with Crippen LogP contribution in [0.15, 0.2) is 60.3 Å². The molecule has 1 aliphatic rings. The van der Waals surface area contributed by atoms with Crippen molar-refractivity contribution in [3.8, 4) is 0 Å². The first-order valence-corrected chi connectivity index (χ1v) is 5.86. The Labute approximate surface area is 103 Å². The first-order chi connectivity index (χ1) is 8.16. The minimum Gasteiger partial charge on any atom is -0.397 e. The smallest absolute Gasteiger partial charge is 0.0617 e. The Morgan fingerprint density at radius 2 is 2.18 bits per heavy atom. The van der Waals surface area contributed by atoms with Crippen molar-refractivity contribution in [2.75, 3.05) is 11.1 Å². The summed E-state index contributed by atoms with van der Waals surface area (Å²) in [5.41, 5.74) is 9.56. The monoisotopic (exact) mass is 226 g/mol. The van der Waals surface area contributed by atoms with Crippen molar-refractivity contribution in [3.05, 3.63) is 60.3 Å². The van der Waals surface area contributed by atoms with E-state index < -0.39 is 0 Å². The van der Waals surface area contributed by atoms with Crippen molar-refractivity contribution in [2.24, 2.45) is 5.92 Å². The van der Waals surface area contributed by atoms with E-state index in [1.807, 2.05) is 24.3 Å². The number of nitrogen functional groups attached to an aromatic ring is 1. The van der Waals surface area contributed by atoms with Crippen LogP contribution in [0.4, 0.5) is 11.4 Å². The Bertz CT molecular complexity index is 483. The van der Waals surface area contributed by atoms with Crippen LogP contribution >= 0.6 is 0 Å². The van der Waals surface area contributed by atoms with Gasteiger partial charge in [-0.15, -0.1) is 0 Å². The standard InChI is InChI=1S/C15H18N2/c1-11-7-9-13(10-8-11)12(2)17-15-6-4-3-5-14(15)16/h3-7,9-11,17H,2,8,16H2,1H3. The summed E-state index contributed by atoms with van der Waals surface area (Å²) in [5, 5.41) is 3.26. The lowest BCUT2D eigenvalue weighted by molar-refractivity contribution is 0.732. The van der Waals surface area contributed by atoms with Crippen molar-refractivity contribution in [1.82, 2.24) is 0 Å². The van der Waals surface area contributed by atoms with E-state index in [-0.39, 0.29) is 0 Å². The molecule has 1 aliphatic carbocycles. The van der Waals surface area contributed by atoms with Gasteiger partial charge in [-0.3, -0.25) is 0 Å². The van der Waals surface area contributed by atoms with E-state index in [4.69, 9.17) is 5.73 Å². The molecular formula is C15H18N2. The van der Waals surface area contributed by atoms with E-state index in [1.54, 1.807) is 0 Å². The van der Waals surface area contributed by atoms with E-state index in [2.05, 4.69) is 37.0 Å². The maximum absolute atomic E-state index is 5.88. The molecule has 17 heavy (non-hydrogen) atoms. The Morgan fingerprint density at radius 1 is 1.41 bits per heavy atom. The van der Waals surface area contributed by atoms with Gasteiger partial charge in [-0.25, -0.2) is 0 Å². The molecule has 1 aromatic carbocycles. The fraction of sp³-hybridized carbons (Fsp3) is 0.200. The van der Waals surface area contributed by atoms with Crippen LogP contribution in [-0.4, -0.2) is 0 Å². The number of nitrogens with two attached hydrogens (primary N) is 1. The third-order valence-electron chi connectivity index (χ3n) is 2.91. The molecule has 0 aliphatic heterocycles. The fourth-order valence-electron chi connectivity index (χ4n) is 1.80. The average molecular weight is 226 g/mol. The van der Waals surface area contributed by atoms with Crippen LogP contribution in [0, 0.1) is 5.92 Å². The zero-order valence-corrected chi connectivity index (χ0v) is 10.1. The summed E-state index contributed by atoms with van der Waals surface area (Å²) >= 11 is 0. The van der Waals surface area contributed by atoms with Crippen LogP contribution in [0.3, 0.4) is 0 Å². The van der Waals surface area contributed by atoms with Gasteiger partial charge in [0.15, 0.2) is 0 Å². The zero-order valence-electron chi connectivity index (χ0n) is 10.1. The largest absolute Gasteiger partial charge is 0.397 e. The van der Waals surface area contributed by atoms with Crippen molar-refractivity contribution in [3.63, 3.8) is 0 Å². The first kappa shape index (κ1) is 11.5. The molecule has 88 valence electrons. The van der Waals surface area contributed by atoms with Gasteiger partial charge in [0.05, 0.1) is 11.4 Å². The van der Waals surface area contributed by atoms with E-state index >= 15 is 0 Å². The Hall–Kier alpha value is -1.96. The average Bonchev–Trinajstić information content (AvgIpc) is 2.33. The molecule has 0 amide bonds. The molecule has 0 radical (unpaired) electrons. The summed E-state index contributed by atoms with van der Waals surface area (Å²) in [4.78, 5) is 0. The highest BCUT2D eigenvalue weighted by Crippen LogP contribution is 2.24. The van der Waals surface area contributed by atoms with Gasteiger partial charge in [0.25, 0.3) is 0 Å². The number of hydrogen-bond donors (Lipinski definition) is 2. The molecule has 0 saturated heterocycles. The normalized spacial score (nSPS) is 18.6. The second kappa shape index (κ2) is 4.91. The molecule has 0 bridgehead atoms. The van der Waals surface area contributed by atoms with E-state index in [0.717, 1.165) is 29.1 Å². The third kappa shape index (κ3) is 2.78. The van der Waals surface area contributed by atoms with Crippen LogP contribution in [0.2, 0.25) is 0 Å².